The van der Waals surface area contributed by atoms with Gasteiger partial charge in [0.05, 0.1) is 6.54 Å². The van der Waals surface area contributed by atoms with Gasteiger partial charge in [-0.1, -0.05) is 18.2 Å². The molecule has 21 heavy (non-hydrogen) atoms. The molecular formula is C15H21N3O3. The highest BCUT2D eigenvalue weighted by atomic mass is 16.6. The zero-order chi connectivity index (χ0) is 15.2. The highest BCUT2D eigenvalue weighted by Gasteiger charge is 2.31. The lowest BCUT2D eigenvalue weighted by Crippen LogP contribution is -2.40. The third kappa shape index (κ3) is 4.37. The summed E-state index contributed by atoms with van der Waals surface area (Å²) in [4.78, 5) is 24.9. The van der Waals surface area contributed by atoms with E-state index in [1.165, 1.54) is 0 Å². The van der Waals surface area contributed by atoms with Crippen molar-refractivity contribution in [3.8, 4) is 0 Å². The van der Waals surface area contributed by atoms with Crippen molar-refractivity contribution in [1.82, 2.24) is 10.6 Å². The molecule has 0 spiro atoms. The van der Waals surface area contributed by atoms with Crippen molar-refractivity contribution in [2.75, 3.05) is 18.0 Å². The predicted molar refractivity (Wildman–Crippen MR) is 80.3 cm³/mol. The van der Waals surface area contributed by atoms with E-state index in [-0.39, 0.29) is 24.3 Å². The lowest BCUT2D eigenvalue weighted by atomic mass is 10.2. The Morgan fingerprint density at radius 2 is 2.10 bits per heavy atom. The quantitative estimate of drug-likeness (QED) is 0.873. The van der Waals surface area contributed by atoms with E-state index in [9.17, 15) is 9.59 Å². The number of ether oxygens (including phenoxy) is 1. The van der Waals surface area contributed by atoms with Crippen LogP contribution in [-0.2, 0) is 4.74 Å². The molecule has 1 aromatic carbocycles. The second-order valence-electron chi connectivity index (χ2n) is 5.30. The number of anilines is 1. The number of para-hydroxylation sites is 1. The van der Waals surface area contributed by atoms with Crippen LogP contribution in [0, 0.1) is 0 Å². The number of hydrogen-bond acceptors (Lipinski definition) is 3. The monoisotopic (exact) mass is 291 g/mol. The molecule has 6 heteroatoms. The van der Waals surface area contributed by atoms with Crippen molar-refractivity contribution < 1.29 is 14.3 Å². The first-order valence-corrected chi connectivity index (χ1v) is 7.14. The van der Waals surface area contributed by atoms with Gasteiger partial charge in [-0.25, -0.2) is 9.59 Å². The topological polar surface area (TPSA) is 70.7 Å². The lowest BCUT2D eigenvalue weighted by molar-refractivity contribution is 0.137. The van der Waals surface area contributed by atoms with Crippen LogP contribution in [0.3, 0.4) is 0 Å². The van der Waals surface area contributed by atoms with Crippen molar-refractivity contribution in [3.63, 3.8) is 0 Å². The van der Waals surface area contributed by atoms with Gasteiger partial charge in [-0.2, -0.15) is 0 Å². The standard InChI is InChI=1S/C15H21N3O3/c1-11(2)17-14(19)16-9-8-13-10-18(15(20)21-13)12-6-4-3-5-7-12/h3-7,11,13H,8-10H2,1-2H3,(H2,16,17,19). The third-order valence-corrected chi connectivity index (χ3v) is 3.11. The van der Waals surface area contributed by atoms with E-state index in [1.807, 2.05) is 44.2 Å². The van der Waals surface area contributed by atoms with E-state index in [0.717, 1.165) is 5.69 Å². The minimum Gasteiger partial charge on any atom is -0.444 e. The Kier molecular flexibility index (Phi) is 5.03. The molecule has 0 saturated carbocycles. The van der Waals surface area contributed by atoms with Crippen molar-refractivity contribution >= 4 is 17.8 Å². The van der Waals surface area contributed by atoms with Gasteiger partial charge in [0.1, 0.15) is 6.10 Å². The number of benzene rings is 1. The number of amides is 3. The predicted octanol–water partition coefficient (Wildman–Crippen LogP) is 2.11. The summed E-state index contributed by atoms with van der Waals surface area (Å²) in [7, 11) is 0. The molecule has 6 nitrogen and oxygen atoms in total. The average Bonchev–Trinajstić information content (AvgIpc) is 2.80. The largest absolute Gasteiger partial charge is 0.444 e. The van der Waals surface area contributed by atoms with Crippen LogP contribution in [0.2, 0.25) is 0 Å². The van der Waals surface area contributed by atoms with Crippen molar-refractivity contribution in [3.05, 3.63) is 30.3 Å². The SMILES string of the molecule is CC(C)NC(=O)NCCC1CN(c2ccccc2)C(=O)O1. The fraction of sp³-hybridized carbons (Fsp3) is 0.467. The maximum absolute atomic E-state index is 11.8. The first-order chi connectivity index (χ1) is 10.1. The van der Waals surface area contributed by atoms with Crippen LogP contribution < -0.4 is 15.5 Å². The van der Waals surface area contributed by atoms with Crippen LogP contribution in [0.1, 0.15) is 20.3 Å². The molecule has 1 heterocycles. The molecule has 1 aliphatic heterocycles. The van der Waals surface area contributed by atoms with Crippen LogP contribution in [0.5, 0.6) is 0 Å². The number of nitrogens with one attached hydrogen (secondary N) is 2. The summed E-state index contributed by atoms with van der Waals surface area (Å²) >= 11 is 0. The summed E-state index contributed by atoms with van der Waals surface area (Å²) in [6.07, 6.45) is 0.0653. The minimum absolute atomic E-state index is 0.0999. The summed E-state index contributed by atoms with van der Waals surface area (Å²) in [5.41, 5.74) is 0.829. The van der Waals surface area contributed by atoms with E-state index in [2.05, 4.69) is 10.6 Å². The molecule has 0 radical (unpaired) electrons. The molecule has 1 unspecified atom stereocenters. The molecule has 0 aromatic heterocycles. The molecule has 2 N–H and O–H groups in total. The van der Waals surface area contributed by atoms with Crippen LogP contribution >= 0.6 is 0 Å². The first kappa shape index (κ1) is 15.2. The number of carbonyl (C=O) groups excluding carboxylic acids is 2. The molecule has 0 aliphatic carbocycles. The van der Waals surface area contributed by atoms with Gasteiger partial charge in [0.2, 0.25) is 0 Å². The summed E-state index contributed by atoms with van der Waals surface area (Å²) in [6.45, 7) is 4.78. The van der Waals surface area contributed by atoms with Gasteiger partial charge in [0, 0.05) is 24.7 Å². The zero-order valence-corrected chi connectivity index (χ0v) is 12.3. The molecule has 2 rings (SSSR count). The van der Waals surface area contributed by atoms with Gasteiger partial charge in [0.25, 0.3) is 0 Å². The maximum atomic E-state index is 11.8. The second-order valence-corrected chi connectivity index (χ2v) is 5.30. The number of cyclic esters (lactones) is 1. The van der Waals surface area contributed by atoms with E-state index in [1.54, 1.807) is 4.90 Å². The third-order valence-electron chi connectivity index (χ3n) is 3.11. The first-order valence-electron chi connectivity index (χ1n) is 7.14. The molecule has 3 amide bonds. The molecule has 1 atom stereocenters. The van der Waals surface area contributed by atoms with E-state index < -0.39 is 0 Å². The van der Waals surface area contributed by atoms with E-state index in [0.29, 0.717) is 19.5 Å². The van der Waals surface area contributed by atoms with E-state index in [4.69, 9.17) is 4.74 Å². The molecule has 1 saturated heterocycles. The van der Waals surface area contributed by atoms with Crippen LogP contribution in [0.25, 0.3) is 0 Å². The maximum Gasteiger partial charge on any atom is 0.414 e. The molecule has 1 aromatic rings. The fourth-order valence-corrected chi connectivity index (χ4v) is 2.15. The Labute approximate surface area is 124 Å². The molecule has 1 fully saturated rings. The van der Waals surface area contributed by atoms with E-state index >= 15 is 0 Å². The van der Waals surface area contributed by atoms with Gasteiger partial charge in [-0.3, -0.25) is 4.90 Å². The van der Waals surface area contributed by atoms with Crippen molar-refractivity contribution in [1.29, 1.82) is 0 Å². The number of nitrogens with zero attached hydrogens (tertiary/aromatic N) is 1. The van der Waals surface area contributed by atoms with Crippen LogP contribution in [0.4, 0.5) is 15.3 Å². The number of rotatable bonds is 5. The number of urea groups is 1. The van der Waals surface area contributed by atoms with Crippen molar-refractivity contribution in [2.24, 2.45) is 0 Å². The van der Waals surface area contributed by atoms with Gasteiger partial charge >= 0.3 is 12.1 Å². The van der Waals surface area contributed by atoms with Crippen molar-refractivity contribution in [2.45, 2.75) is 32.4 Å². The van der Waals surface area contributed by atoms with Gasteiger partial charge in [-0.05, 0) is 26.0 Å². The van der Waals surface area contributed by atoms with Gasteiger partial charge < -0.3 is 15.4 Å². The Morgan fingerprint density at radius 3 is 2.76 bits per heavy atom. The molecular weight excluding hydrogens is 270 g/mol. The van der Waals surface area contributed by atoms with Gasteiger partial charge in [0.15, 0.2) is 0 Å². The zero-order valence-electron chi connectivity index (χ0n) is 12.3. The molecule has 1 aliphatic rings. The summed E-state index contributed by atoms with van der Waals surface area (Å²) in [6, 6.07) is 9.31. The summed E-state index contributed by atoms with van der Waals surface area (Å²) in [5, 5.41) is 5.49. The highest BCUT2D eigenvalue weighted by Crippen LogP contribution is 2.22. The Balaban J connectivity index is 1.77. The highest BCUT2D eigenvalue weighted by molar-refractivity contribution is 5.89. The number of carbonyl (C=O) groups is 2. The fourth-order valence-electron chi connectivity index (χ4n) is 2.15. The minimum atomic E-state index is -0.335. The average molecular weight is 291 g/mol. The lowest BCUT2D eigenvalue weighted by Gasteiger charge is -2.13. The number of hydrogen-bond donors (Lipinski definition) is 2. The second kappa shape index (κ2) is 6.97. The molecule has 0 bridgehead atoms. The molecule has 114 valence electrons. The summed E-state index contributed by atoms with van der Waals surface area (Å²) < 4.78 is 5.31. The Bertz CT molecular complexity index is 490. The summed E-state index contributed by atoms with van der Waals surface area (Å²) in [5.74, 6) is 0. The normalized spacial score (nSPS) is 17.8. The van der Waals surface area contributed by atoms with Gasteiger partial charge in [-0.15, -0.1) is 0 Å². The smallest absolute Gasteiger partial charge is 0.414 e. The van der Waals surface area contributed by atoms with Crippen LogP contribution in [0.15, 0.2) is 30.3 Å². The Morgan fingerprint density at radius 1 is 1.38 bits per heavy atom. The Hall–Kier alpha value is -2.24. The van der Waals surface area contributed by atoms with Crippen LogP contribution in [-0.4, -0.2) is 37.4 Å².